The first-order valence-corrected chi connectivity index (χ1v) is 8.96. The van der Waals surface area contributed by atoms with Crippen LogP contribution in [0.3, 0.4) is 0 Å². The van der Waals surface area contributed by atoms with E-state index in [0.717, 1.165) is 58.2 Å². The van der Waals surface area contributed by atoms with Gasteiger partial charge >= 0.3 is 0 Å². The number of likely N-dealkylation sites (tertiary alicyclic amines) is 1. The normalized spacial score (nSPS) is 25.9. The zero-order valence-electron chi connectivity index (χ0n) is 14.9. The minimum Gasteiger partial charge on any atom is -0.497 e. The van der Waals surface area contributed by atoms with Crippen LogP contribution in [0.2, 0.25) is 0 Å². The summed E-state index contributed by atoms with van der Waals surface area (Å²) in [6.45, 7) is 7.99. The molecule has 0 bridgehead atoms. The molecule has 0 amide bonds. The molecule has 24 heavy (non-hydrogen) atoms. The first-order chi connectivity index (χ1) is 11.8. The second-order valence-corrected chi connectivity index (χ2v) is 6.83. The molecule has 0 aliphatic carbocycles. The summed E-state index contributed by atoms with van der Waals surface area (Å²) in [6.07, 6.45) is 1.58. The summed E-state index contributed by atoms with van der Waals surface area (Å²) in [6, 6.07) is 8.40. The molecular weight excluding hydrogens is 304 g/mol. The van der Waals surface area contributed by atoms with E-state index in [4.69, 9.17) is 14.2 Å². The molecule has 2 fully saturated rings. The lowest BCUT2D eigenvalue weighted by molar-refractivity contribution is -0.0242. The lowest BCUT2D eigenvalue weighted by Gasteiger charge is -2.38. The van der Waals surface area contributed by atoms with Gasteiger partial charge in [0.1, 0.15) is 5.75 Å². The molecule has 1 aromatic rings. The second-order valence-electron chi connectivity index (χ2n) is 6.83. The van der Waals surface area contributed by atoms with Crippen molar-refractivity contribution < 1.29 is 14.2 Å². The Bertz CT molecular complexity index is 494. The van der Waals surface area contributed by atoms with Gasteiger partial charge in [-0.05, 0) is 30.7 Å². The van der Waals surface area contributed by atoms with Crippen molar-refractivity contribution in [2.75, 3.05) is 60.2 Å². The Morgan fingerprint density at radius 2 is 1.92 bits per heavy atom. The van der Waals surface area contributed by atoms with E-state index in [1.54, 1.807) is 14.2 Å². The van der Waals surface area contributed by atoms with Gasteiger partial charge in [0, 0.05) is 45.8 Å². The average Bonchev–Trinajstić information content (AvgIpc) is 2.82. The smallest absolute Gasteiger partial charge is 0.118 e. The molecule has 2 heterocycles. The molecule has 3 rings (SSSR count). The van der Waals surface area contributed by atoms with Crippen molar-refractivity contribution in [1.82, 2.24) is 9.80 Å². The van der Waals surface area contributed by atoms with Crippen molar-refractivity contribution in [3.63, 3.8) is 0 Å². The van der Waals surface area contributed by atoms with Gasteiger partial charge in [0.15, 0.2) is 0 Å². The summed E-state index contributed by atoms with van der Waals surface area (Å²) in [5.74, 6) is 1.57. The molecule has 2 aliphatic heterocycles. The maximum atomic E-state index is 6.18. The van der Waals surface area contributed by atoms with Crippen LogP contribution in [-0.2, 0) is 16.0 Å². The number of hydrogen-bond acceptors (Lipinski definition) is 5. The van der Waals surface area contributed by atoms with Crippen LogP contribution < -0.4 is 4.74 Å². The number of methoxy groups -OCH3 is 2. The third kappa shape index (κ3) is 4.70. The highest BCUT2D eigenvalue weighted by molar-refractivity contribution is 5.27. The van der Waals surface area contributed by atoms with Crippen molar-refractivity contribution in [2.45, 2.75) is 19.1 Å². The fraction of sp³-hybridized carbons (Fsp3) is 0.684. The molecule has 2 saturated heterocycles. The van der Waals surface area contributed by atoms with Crippen LogP contribution in [0.5, 0.6) is 5.75 Å². The zero-order valence-corrected chi connectivity index (χ0v) is 14.9. The Labute approximate surface area is 145 Å². The van der Waals surface area contributed by atoms with Gasteiger partial charge in [-0.1, -0.05) is 12.1 Å². The Morgan fingerprint density at radius 3 is 2.67 bits per heavy atom. The van der Waals surface area contributed by atoms with E-state index in [0.29, 0.717) is 12.0 Å². The number of benzene rings is 1. The Morgan fingerprint density at radius 1 is 1.08 bits per heavy atom. The van der Waals surface area contributed by atoms with Crippen LogP contribution in [0.25, 0.3) is 0 Å². The molecule has 134 valence electrons. The molecule has 5 heteroatoms. The third-order valence-corrected chi connectivity index (χ3v) is 5.19. The molecule has 0 saturated carbocycles. The van der Waals surface area contributed by atoms with Crippen molar-refractivity contribution in [1.29, 1.82) is 0 Å². The zero-order chi connectivity index (χ0) is 16.8. The molecule has 0 radical (unpaired) electrons. The van der Waals surface area contributed by atoms with Gasteiger partial charge in [0.25, 0.3) is 0 Å². The Hall–Kier alpha value is -1.14. The van der Waals surface area contributed by atoms with Crippen LogP contribution in [0.15, 0.2) is 24.3 Å². The highest BCUT2D eigenvalue weighted by Gasteiger charge is 2.33. The maximum Gasteiger partial charge on any atom is 0.118 e. The predicted molar refractivity (Wildman–Crippen MR) is 94.4 cm³/mol. The predicted octanol–water partition coefficient (Wildman–Crippen LogP) is 1.86. The minimum atomic E-state index is 0.365. The fourth-order valence-electron chi connectivity index (χ4n) is 3.74. The Kier molecular flexibility index (Phi) is 6.49. The van der Waals surface area contributed by atoms with Crippen molar-refractivity contribution in [3.05, 3.63) is 29.8 Å². The van der Waals surface area contributed by atoms with Crippen LogP contribution in [0.4, 0.5) is 0 Å². The van der Waals surface area contributed by atoms with Gasteiger partial charge in [-0.2, -0.15) is 0 Å². The molecular formula is C19H30N2O3. The highest BCUT2D eigenvalue weighted by Crippen LogP contribution is 2.25. The van der Waals surface area contributed by atoms with E-state index in [1.165, 1.54) is 12.0 Å². The molecule has 0 N–H and O–H groups in total. The van der Waals surface area contributed by atoms with Gasteiger partial charge in [0.05, 0.1) is 26.4 Å². The van der Waals surface area contributed by atoms with Crippen LogP contribution >= 0.6 is 0 Å². The molecule has 0 aromatic heterocycles. The summed E-state index contributed by atoms with van der Waals surface area (Å²) in [5, 5.41) is 0. The largest absolute Gasteiger partial charge is 0.497 e. The summed E-state index contributed by atoms with van der Waals surface area (Å²) >= 11 is 0. The van der Waals surface area contributed by atoms with Crippen LogP contribution in [0.1, 0.15) is 12.0 Å². The van der Waals surface area contributed by atoms with Gasteiger partial charge in [-0.3, -0.25) is 9.80 Å². The first-order valence-electron chi connectivity index (χ1n) is 8.96. The third-order valence-electron chi connectivity index (χ3n) is 5.19. The van der Waals surface area contributed by atoms with Crippen molar-refractivity contribution >= 4 is 0 Å². The average molecular weight is 334 g/mol. The second kappa shape index (κ2) is 8.81. The molecule has 0 unspecified atom stereocenters. The maximum absolute atomic E-state index is 6.18. The summed E-state index contributed by atoms with van der Waals surface area (Å²) in [7, 11) is 3.48. The summed E-state index contributed by atoms with van der Waals surface area (Å²) < 4.78 is 16.6. The first kappa shape index (κ1) is 17.7. The lowest BCUT2D eigenvalue weighted by Crippen LogP contribution is -2.46. The van der Waals surface area contributed by atoms with E-state index < -0.39 is 0 Å². The topological polar surface area (TPSA) is 34.2 Å². The minimum absolute atomic E-state index is 0.365. The monoisotopic (exact) mass is 334 g/mol. The highest BCUT2D eigenvalue weighted by atomic mass is 16.5. The SMILES string of the molecule is COCCN1CCO[C@H]2CN(Cc3ccc(OC)cc3)CC[C@H]2C1. The van der Waals surface area contributed by atoms with Gasteiger partial charge in [-0.15, -0.1) is 0 Å². The molecule has 0 spiro atoms. The standard InChI is InChI=1S/C19H30N2O3/c1-22-11-9-20-10-12-24-19-15-21(8-7-17(19)14-20)13-16-3-5-18(23-2)6-4-16/h3-6,17,19H,7-15H2,1-2H3/t17-,19-/m0/s1. The van der Waals surface area contributed by atoms with Crippen LogP contribution in [0, 0.1) is 5.92 Å². The molecule has 1 aromatic carbocycles. The number of nitrogens with zero attached hydrogens (tertiary/aromatic N) is 2. The molecule has 5 nitrogen and oxygen atoms in total. The van der Waals surface area contributed by atoms with Crippen molar-refractivity contribution in [3.8, 4) is 5.75 Å². The van der Waals surface area contributed by atoms with E-state index in [-0.39, 0.29) is 0 Å². The van der Waals surface area contributed by atoms with Gasteiger partial charge in [-0.25, -0.2) is 0 Å². The summed E-state index contributed by atoms with van der Waals surface area (Å²) in [4.78, 5) is 5.01. The number of piperidine rings is 1. The number of ether oxygens (including phenoxy) is 3. The van der Waals surface area contributed by atoms with Gasteiger partial charge in [0.2, 0.25) is 0 Å². The Balaban J connectivity index is 1.52. The molecule has 2 aliphatic rings. The van der Waals surface area contributed by atoms with E-state index in [9.17, 15) is 0 Å². The summed E-state index contributed by atoms with van der Waals surface area (Å²) in [5.41, 5.74) is 1.34. The fourth-order valence-corrected chi connectivity index (χ4v) is 3.74. The van der Waals surface area contributed by atoms with Crippen LogP contribution in [-0.4, -0.2) is 76.1 Å². The van der Waals surface area contributed by atoms with E-state index in [1.807, 2.05) is 12.1 Å². The van der Waals surface area contributed by atoms with E-state index in [2.05, 4.69) is 21.9 Å². The number of rotatable bonds is 6. The van der Waals surface area contributed by atoms with Gasteiger partial charge < -0.3 is 14.2 Å². The van der Waals surface area contributed by atoms with E-state index >= 15 is 0 Å². The lowest BCUT2D eigenvalue weighted by atomic mass is 9.93. The molecule has 2 atom stereocenters. The number of hydrogen-bond donors (Lipinski definition) is 0. The number of fused-ring (bicyclic) bond motifs is 1. The quantitative estimate of drug-likeness (QED) is 0.793. The van der Waals surface area contributed by atoms with Crippen molar-refractivity contribution in [2.24, 2.45) is 5.92 Å².